The number of carbonyl (C=O) groups is 2. The Morgan fingerprint density at radius 3 is 2.58 bits per heavy atom. The molecule has 0 N–H and O–H groups in total. The van der Waals surface area contributed by atoms with Gasteiger partial charge in [-0.25, -0.2) is 9.59 Å². The van der Waals surface area contributed by atoms with E-state index >= 15 is 0 Å². The van der Waals surface area contributed by atoms with Crippen molar-refractivity contribution in [1.82, 2.24) is 0 Å². The van der Waals surface area contributed by atoms with Gasteiger partial charge < -0.3 is 9.47 Å². The Labute approximate surface area is 112 Å². The molecule has 0 spiro atoms. The average molecular weight is 260 g/mol. The molecule has 0 atom stereocenters. The number of ether oxygens (including phenoxy) is 2. The summed E-state index contributed by atoms with van der Waals surface area (Å²) < 4.78 is 9.73. The maximum atomic E-state index is 11.8. The fourth-order valence-corrected chi connectivity index (χ4v) is 1.42. The average Bonchev–Trinajstić information content (AvgIpc) is 2.44. The monoisotopic (exact) mass is 260 g/mol. The molecule has 4 heteroatoms. The van der Waals surface area contributed by atoms with Crippen LogP contribution in [0, 0.1) is 0 Å². The number of esters is 2. The summed E-state index contributed by atoms with van der Waals surface area (Å²) in [4.78, 5) is 22.6. The molecule has 0 aliphatic carbocycles. The van der Waals surface area contributed by atoms with Crippen molar-refractivity contribution in [2.24, 2.45) is 0 Å². The second kappa shape index (κ2) is 7.87. The molecule has 1 aromatic carbocycles. The third kappa shape index (κ3) is 4.79. The normalized spacial score (nSPS) is 10.2. The minimum Gasteiger partial charge on any atom is -0.459 e. The van der Waals surface area contributed by atoms with E-state index in [0.29, 0.717) is 5.56 Å². The van der Waals surface area contributed by atoms with E-state index in [2.05, 4.69) is 6.58 Å². The van der Waals surface area contributed by atoms with Gasteiger partial charge in [0, 0.05) is 6.08 Å². The third-order valence-electron chi connectivity index (χ3n) is 2.25. The second-order valence-corrected chi connectivity index (χ2v) is 3.59. The van der Waals surface area contributed by atoms with Crippen molar-refractivity contribution in [3.05, 3.63) is 54.1 Å². The maximum absolute atomic E-state index is 11.8. The van der Waals surface area contributed by atoms with E-state index in [1.807, 2.05) is 31.2 Å². The second-order valence-electron chi connectivity index (χ2n) is 3.59. The van der Waals surface area contributed by atoms with Gasteiger partial charge in [-0.1, -0.05) is 36.9 Å². The van der Waals surface area contributed by atoms with Gasteiger partial charge in [0.25, 0.3) is 0 Å². The Kier molecular flexibility index (Phi) is 6.09. The van der Waals surface area contributed by atoms with Crippen LogP contribution in [0.5, 0.6) is 0 Å². The zero-order valence-electron chi connectivity index (χ0n) is 10.8. The van der Waals surface area contributed by atoms with Crippen molar-refractivity contribution in [3.63, 3.8) is 0 Å². The smallest absolute Gasteiger partial charge is 0.338 e. The van der Waals surface area contributed by atoms with Gasteiger partial charge in [0.15, 0.2) is 0 Å². The Bertz CT molecular complexity index is 489. The number of rotatable bonds is 6. The third-order valence-corrected chi connectivity index (χ3v) is 2.25. The van der Waals surface area contributed by atoms with Gasteiger partial charge in [-0.15, -0.1) is 0 Å². The van der Waals surface area contributed by atoms with Crippen LogP contribution in [0.4, 0.5) is 0 Å². The SMILES string of the molecule is C=CC(=O)OCCOC(=O)c1ccccc1C=CC. The molecule has 0 saturated carbocycles. The molecule has 4 nitrogen and oxygen atoms in total. The number of hydrogen-bond acceptors (Lipinski definition) is 4. The molecular formula is C15H16O4. The van der Waals surface area contributed by atoms with Gasteiger partial charge in [-0.05, 0) is 18.6 Å². The highest BCUT2D eigenvalue weighted by atomic mass is 16.6. The first-order valence-corrected chi connectivity index (χ1v) is 5.87. The van der Waals surface area contributed by atoms with Gasteiger partial charge >= 0.3 is 11.9 Å². The van der Waals surface area contributed by atoms with E-state index in [0.717, 1.165) is 11.6 Å². The molecule has 0 fully saturated rings. The van der Waals surface area contributed by atoms with E-state index in [9.17, 15) is 9.59 Å². The predicted octanol–water partition coefficient (Wildman–Crippen LogP) is 2.61. The lowest BCUT2D eigenvalue weighted by atomic mass is 10.1. The topological polar surface area (TPSA) is 52.6 Å². The van der Waals surface area contributed by atoms with Crippen LogP contribution < -0.4 is 0 Å². The van der Waals surface area contributed by atoms with Crippen LogP contribution in [0.15, 0.2) is 43.0 Å². The minimum absolute atomic E-state index is 0.0162. The van der Waals surface area contributed by atoms with Crippen molar-refractivity contribution in [1.29, 1.82) is 0 Å². The summed E-state index contributed by atoms with van der Waals surface area (Å²) in [7, 11) is 0. The van der Waals surface area contributed by atoms with Gasteiger partial charge in [-0.2, -0.15) is 0 Å². The molecule has 0 bridgehead atoms. The van der Waals surface area contributed by atoms with Gasteiger partial charge in [0.2, 0.25) is 0 Å². The van der Waals surface area contributed by atoms with E-state index in [-0.39, 0.29) is 13.2 Å². The lowest BCUT2D eigenvalue weighted by Gasteiger charge is -2.07. The molecule has 0 amide bonds. The zero-order valence-corrected chi connectivity index (χ0v) is 10.8. The first-order chi connectivity index (χ1) is 9.19. The lowest BCUT2D eigenvalue weighted by Crippen LogP contribution is -2.13. The Morgan fingerprint density at radius 1 is 1.21 bits per heavy atom. The Balaban J connectivity index is 2.54. The minimum atomic E-state index is -0.537. The van der Waals surface area contributed by atoms with Crippen LogP contribution in [0.1, 0.15) is 22.8 Å². The van der Waals surface area contributed by atoms with Crippen LogP contribution >= 0.6 is 0 Å². The summed E-state index contributed by atoms with van der Waals surface area (Å²) in [5, 5.41) is 0. The molecule has 0 aliphatic rings. The van der Waals surface area contributed by atoms with E-state index in [1.54, 1.807) is 12.1 Å². The van der Waals surface area contributed by atoms with Crippen molar-refractivity contribution < 1.29 is 19.1 Å². The fourth-order valence-electron chi connectivity index (χ4n) is 1.42. The number of allylic oxidation sites excluding steroid dienone is 1. The van der Waals surface area contributed by atoms with Gasteiger partial charge in [-0.3, -0.25) is 0 Å². The van der Waals surface area contributed by atoms with Gasteiger partial charge in [0.05, 0.1) is 5.56 Å². The summed E-state index contributed by atoms with van der Waals surface area (Å²) in [6.07, 6.45) is 4.73. The Hall–Kier alpha value is -2.36. The van der Waals surface area contributed by atoms with Crippen molar-refractivity contribution >= 4 is 18.0 Å². The van der Waals surface area contributed by atoms with E-state index < -0.39 is 11.9 Å². The number of hydrogen-bond donors (Lipinski definition) is 0. The van der Waals surface area contributed by atoms with Crippen molar-refractivity contribution in [2.75, 3.05) is 13.2 Å². The van der Waals surface area contributed by atoms with Crippen molar-refractivity contribution in [3.8, 4) is 0 Å². The molecule has 1 rings (SSSR count). The van der Waals surface area contributed by atoms with E-state index in [4.69, 9.17) is 9.47 Å². The van der Waals surface area contributed by atoms with Crippen LogP contribution in [-0.4, -0.2) is 25.2 Å². The molecule has 1 aromatic rings. The molecule has 19 heavy (non-hydrogen) atoms. The summed E-state index contributed by atoms with van der Waals surface area (Å²) in [5.41, 5.74) is 1.27. The fraction of sp³-hybridized carbons (Fsp3) is 0.200. The van der Waals surface area contributed by atoms with Crippen LogP contribution in [0.3, 0.4) is 0 Å². The summed E-state index contributed by atoms with van der Waals surface area (Å²) in [6.45, 7) is 5.17. The molecule has 0 unspecified atom stereocenters. The lowest BCUT2D eigenvalue weighted by molar-refractivity contribution is -0.138. The molecule has 100 valence electrons. The highest BCUT2D eigenvalue weighted by Gasteiger charge is 2.10. The summed E-state index contributed by atoms with van der Waals surface area (Å²) in [5.74, 6) is -0.978. The maximum Gasteiger partial charge on any atom is 0.338 e. The van der Waals surface area contributed by atoms with Gasteiger partial charge in [0.1, 0.15) is 13.2 Å². The highest BCUT2D eigenvalue weighted by Crippen LogP contribution is 2.12. The molecule has 0 saturated heterocycles. The summed E-state index contributed by atoms with van der Waals surface area (Å²) >= 11 is 0. The van der Waals surface area contributed by atoms with E-state index in [1.165, 1.54) is 0 Å². The first kappa shape index (κ1) is 14.7. The quantitative estimate of drug-likeness (QED) is 0.448. The molecular weight excluding hydrogens is 244 g/mol. The standard InChI is InChI=1S/C15H16O4/c1-3-7-12-8-5-6-9-13(12)15(17)19-11-10-18-14(16)4-2/h3-9H,2,10-11H2,1H3. The van der Waals surface area contributed by atoms with Crippen molar-refractivity contribution in [2.45, 2.75) is 6.92 Å². The zero-order chi connectivity index (χ0) is 14.1. The highest BCUT2D eigenvalue weighted by molar-refractivity contribution is 5.93. The van der Waals surface area contributed by atoms with Crippen LogP contribution in [0.25, 0.3) is 6.08 Å². The van der Waals surface area contributed by atoms with Crippen LogP contribution in [0.2, 0.25) is 0 Å². The largest absolute Gasteiger partial charge is 0.459 e. The molecule has 0 radical (unpaired) electrons. The number of carbonyl (C=O) groups excluding carboxylic acids is 2. The Morgan fingerprint density at radius 2 is 1.89 bits per heavy atom. The number of benzene rings is 1. The summed E-state index contributed by atoms with van der Waals surface area (Å²) in [6, 6.07) is 7.13. The molecule has 0 heterocycles. The molecule has 0 aliphatic heterocycles. The van der Waals surface area contributed by atoms with Crippen LogP contribution in [-0.2, 0) is 14.3 Å². The molecule has 0 aromatic heterocycles. The first-order valence-electron chi connectivity index (χ1n) is 5.87. The predicted molar refractivity (Wildman–Crippen MR) is 72.6 cm³/mol.